The SMILES string of the molecule is CCc1nccn1CCNC(=O)c1ccc2nc(-c3ccc(F)cc3)cn2c1. The molecule has 0 aliphatic carbocycles. The van der Waals surface area contributed by atoms with E-state index in [-0.39, 0.29) is 11.7 Å². The van der Waals surface area contributed by atoms with Crippen molar-refractivity contribution in [3.05, 3.63) is 78.4 Å². The number of rotatable bonds is 6. The van der Waals surface area contributed by atoms with E-state index < -0.39 is 0 Å². The average molecular weight is 377 g/mol. The standard InChI is InChI=1S/C21H20FN5O/c1-2-19-23-9-11-26(19)12-10-24-21(28)16-5-8-20-25-18(14-27(20)13-16)15-3-6-17(22)7-4-15/h3-9,11,13-14H,2,10,12H2,1H3,(H,24,28). The summed E-state index contributed by atoms with van der Waals surface area (Å²) in [6.07, 6.45) is 8.12. The second-order valence-electron chi connectivity index (χ2n) is 6.46. The Morgan fingerprint density at radius 2 is 1.96 bits per heavy atom. The summed E-state index contributed by atoms with van der Waals surface area (Å²) in [6.45, 7) is 3.25. The van der Waals surface area contributed by atoms with Gasteiger partial charge in [0.15, 0.2) is 0 Å². The summed E-state index contributed by atoms with van der Waals surface area (Å²) in [5, 5.41) is 2.94. The predicted molar refractivity (Wildman–Crippen MR) is 105 cm³/mol. The lowest BCUT2D eigenvalue weighted by atomic mass is 10.2. The van der Waals surface area contributed by atoms with E-state index in [9.17, 15) is 9.18 Å². The number of aryl methyl sites for hydroxylation is 1. The van der Waals surface area contributed by atoms with Crippen molar-refractivity contribution >= 4 is 11.6 Å². The number of aromatic nitrogens is 4. The van der Waals surface area contributed by atoms with Crippen molar-refractivity contribution in [2.45, 2.75) is 19.9 Å². The maximum absolute atomic E-state index is 13.1. The molecule has 0 aliphatic heterocycles. The molecule has 4 aromatic rings. The lowest BCUT2D eigenvalue weighted by Gasteiger charge is -2.08. The summed E-state index contributed by atoms with van der Waals surface area (Å²) in [4.78, 5) is 21.3. The van der Waals surface area contributed by atoms with Crippen molar-refractivity contribution in [1.29, 1.82) is 0 Å². The molecule has 6 nitrogen and oxygen atoms in total. The first kappa shape index (κ1) is 17.9. The number of pyridine rings is 1. The van der Waals surface area contributed by atoms with Crippen molar-refractivity contribution in [2.24, 2.45) is 0 Å². The highest BCUT2D eigenvalue weighted by molar-refractivity contribution is 5.94. The fourth-order valence-corrected chi connectivity index (χ4v) is 3.14. The highest BCUT2D eigenvalue weighted by atomic mass is 19.1. The zero-order valence-electron chi connectivity index (χ0n) is 15.5. The average Bonchev–Trinajstić information content (AvgIpc) is 3.34. The van der Waals surface area contributed by atoms with Crippen molar-refractivity contribution < 1.29 is 9.18 Å². The van der Waals surface area contributed by atoms with Crippen molar-refractivity contribution in [3.63, 3.8) is 0 Å². The van der Waals surface area contributed by atoms with Gasteiger partial charge in [-0.3, -0.25) is 4.79 Å². The molecular formula is C21H20FN5O. The Morgan fingerprint density at radius 3 is 2.75 bits per heavy atom. The van der Waals surface area contributed by atoms with E-state index in [1.807, 2.05) is 17.0 Å². The Morgan fingerprint density at radius 1 is 1.14 bits per heavy atom. The van der Waals surface area contributed by atoms with Gasteiger partial charge in [0.25, 0.3) is 5.91 Å². The summed E-state index contributed by atoms with van der Waals surface area (Å²) in [5.74, 6) is 0.577. The molecule has 3 heterocycles. The monoisotopic (exact) mass is 377 g/mol. The molecule has 0 radical (unpaired) electrons. The second kappa shape index (κ2) is 7.64. The normalized spacial score (nSPS) is 11.1. The number of imidazole rings is 2. The maximum Gasteiger partial charge on any atom is 0.252 e. The minimum absolute atomic E-state index is 0.142. The number of halogens is 1. The molecule has 0 unspecified atom stereocenters. The van der Waals surface area contributed by atoms with Gasteiger partial charge in [-0.15, -0.1) is 0 Å². The summed E-state index contributed by atoms with van der Waals surface area (Å²) >= 11 is 0. The summed E-state index contributed by atoms with van der Waals surface area (Å²) in [5.41, 5.74) is 2.83. The van der Waals surface area contributed by atoms with Crippen LogP contribution in [0.15, 0.2) is 61.2 Å². The van der Waals surface area contributed by atoms with Crippen molar-refractivity contribution in [3.8, 4) is 11.3 Å². The number of fused-ring (bicyclic) bond motifs is 1. The van der Waals surface area contributed by atoms with Crippen LogP contribution in [0.25, 0.3) is 16.9 Å². The predicted octanol–water partition coefficient (Wildman–Crippen LogP) is 3.33. The Kier molecular flexibility index (Phi) is 4.89. The Hall–Kier alpha value is -3.48. The molecule has 0 bridgehead atoms. The fourth-order valence-electron chi connectivity index (χ4n) is 3.14. The van der Waals surface area contributed by atoms with E-state index in [2.05, 4.69) is 22.2 Å². The molecule has 1 amide bonds. The second-order valence-corrected chi connectivity index (χ2v) is 6.46. The Bertz CT molecular complexity index is 1110. The third-order valence-electron chi connectivity index (χ3n) is 4.61. The summed E-state index contributed by atoms with van der Waals surface area (Å²) in [6, 6.07) is 9.73. The highest BCUT2D eigenvalue weighted by Gasteiger charge is 2.10. The van der Waals surface area contributed by atoms with Crippen LogP contribution in [-0.4, -0.2) is 31.4 Å². The third-order valence-corrected chi connectivity index (χ3v) is 4.61. The fraction of sp³-hybridized carbons (Fsp3) is 0.190. The zero-order valence-corrected chi connectivity index (χ0v) is 15.5. The molecule has 28 heavy (non-hydrogen) atoms. The molecule has 7 heteroatoms. The lowest BCUT2D eigenvalue weighted by molar-refractivity contribution is 0.0951. The largest absolute Gasteiger partial charge is 0.350 e. The number of carbonyl (C=O) groups excluding carboxylic acids is 1. The number of nitrogens with one attached hydrogen (secondary N) is 1. The van der Waals surface area contributed by atoms with Gasteiger partial charge in [-0.25, -0.2) is 14.4 Å². The number of hydrogen-bond acceptors (Lipinski definition) is 3. The molecule has 0 aliphatic rings. The smallest absolute Gasteiger partial charge is 0.252 e. The molecule has 1 aromatic carbocycles. The molecule has 4 rings (SSSR count). The molecule has 0 spiro atoms. The third kappa shape index (κ3) is 3.64. The van der Waals surface area contributed by atoms with Crippen LogP contribution in [0, 0.1) is 5.82 Å². The van der Waals surface area contributed by atoms with Crippen molar-refractivity contribution in [2.75, 3.05) is 6.54 Å². The zero-order chi connectivity index (χ0) is 19.5. The van der Waals surface area contributed by atoms with Crippen LogP contribution in [-0.2, 0) is 13.0 Å². The van der Waals surface area contributed by atoms with Crippen molar-refractivity contribution in [1.82, 2.24) is 24.3 Å². The summed E-state index contributed by atoms with van der Waals surface area (Å²) < 4.78 is 16.9. The number of benzene rings is 1. The molecule has 142 valence electrons. The molecule has 1 N–H and O–H groups in total. The molecule has 0 saturated carbocycles. The molecule has 0 saturated heterocycles. The van der Waals surface area contributed by atoms with Crippen LogP contribution in [0.2, 0.25) is 0 Å². The van der Waals surface area contributed by atoms with E-state index in [0.29, 0.717) is 18.7 Å². The molecular weight excluding hydrogens is 357 g/mol. The van der Waals surface area contributed by atoms with Crippen LogP contribution >= 0.6 is 0 Å². The van der Waals surface area contributed by atoms with Gasteiger partial charge >= 0.3 is 0 Å². The van der Waals surface area contributed by atoms with E-state index >= 15 is 0 Å². The topological polar surface area (TPSA) is 64.2 Å². The van der Waals surface area contributed by atoms with Crippen LogP contribution < -0.4 is 5.32 Å². The molecule has 3 aromatic heterocycles. The van der Waals surface area contributed by atoms with Gasteiger partial charge in [0.1, 0.15) is 17.3 Å². The van der Waals surface area contributed by atoms with Gasteiger partial charge in [-0.05, 0) is 36.4 Å². The van der Waals surface area contributed by atoms with Crippen LogP contribution in [0.1, 0.15) is 23.1 Å². The minimum Gasteiger partial charge on any atom is -0.350 e. The van der Waals surface area contributed by atoms with E-state index in [4.69, 9.17) is 0 Å². The number of nitrogens with zero attached hydrogens (tertiary/aromatic N) is 4. The Balaban J connectivity index is 1.46. The summed E-state index contributed by atoms with van der Waals surface area (Å²) in [7, 11) is 0. The quantitative estimate of drug-likeness (QED) is 0.561. The van der Waals surface area contributed by atoms with Crippen LogP contribution in [0.4, 0.5) is 4.39 Å². The van der Waals surface area contributed by atoms with E-state index in [1.54, 1.807) is 41.1 Å². The highest BCUT2D eigenvalue weighted by Crippen LogP contribution is 2.20. The van der Waals surface area contributed by atoms with Gasteiger partial charge in [-0.1, -0.05) is 6.92 Å². The van der Waals surface area contributed by atoms with Gasteiger partial charge in [-0.2, -0.15) is 0 Å². The Labute approximate surface area is 161 Å². The van der Waals surface area contributed by atoms with Gasteiger partial charge in [0.05, 0.1) is 11.3 Å². The molecule has 0 fully saturated rings. The van der Waals surface area contributed by atoms with Crippen LogP contribution in [0.5, 0.6) is 0 Å². The first-order valence-corrected chi connectivity index (χ1v) is 9.17. The first-order chi connectivity index (χ1) is 13.6. The number of amides is 1. The lowest BCUT2D eigenvalue weighted by Crippen LogP contribution is -2.27. The molecule has 0 atom stereocenters. The van der Waals surface area contributed by atoms with Gasteiger partial charge < -0.3 is 14.3 Å². The number of carbonyl (C=O) groups is 1. The number of hydrogen-bond donors (Lipinski definition) is 1. The minimum atomic E-state index is -0.284. The van der Waals surface area contributed by atoms with E-state index in [0.717, 1.165) is 29.1 Å². The van der Waals surface area contributed by atoms with Crippen LogP contribution in [0.3, 0.4) is 0 Å². The van der Waals surface area contributed by atoms with E-state index in [1.165, 1.54) is 12.1 Å². The van der Waals surface area contributed by atoms with Gasteiger partial charge in [0, 0.05) is 49.9 Å². The first-order valence-electron chi connectivity index (χ1n) is 9.17. The maximum atomic E-state index is 13.1. The van der Waals surface area contributed by atoms with Gasteiger partial charge in [0.2, 0.25) is 0 Å².